The molecule has 0 aromatic carbocycles. The molecule has 0 spiro atoms. The van der Waals surface area contributed by atoms with Crippen molar-refractivity contribution < 1.29 is 38.1 Å². The maximum absolute atomic E-state index is 11.4. The van der Waals surface area contributed by atoms with Gasteiger partial charge in [-0.2, -0.15) is 0 Å². The fourth-order valence-electron chi connectivity index (χ4n) is 1.86. The molecule has 0 amide bonds. The van der Waals surface area contributed by atoms with Gasteiger partial charge >= 0.3 is 23.9 Å². The van der Waals surface area contributed by atoms with Crippen molar-refractivity contribution in [3.8, 4) is 0 Å². The fraction of sp³-hybridized carbons (Fsp3) is 0.600. The number of rotatable bonds is 2. The highest BCUT2D eigenvalue weighted by Crippen LogP contribution is 2.32. The van der Waals surface area contributed by atoms with Crippen molar-refractivity contribution in [1.29, 1.82) is 0 Å². The molecule has 0 bridgehead atoms. The van der Waals surface area contributed by atoms with Crippen LogP contribution < -0.4 is 0 Å². The van der Waals surface area contributed by atoms with Gasteiger partial charge in [0, 0.05) is 13.8 Å². The lowest BCUT2D eigenvalue weighted by atomic mass is 10.1. The second-order valence-corrected chi connectivity index (χ2v) is 3.86. The summed E-state index contributed by atoms with van der Waals surface area (Å²) < 4.78 is 19.1. The topological polar surface area (TPSA) is 105 Å². The molecule has 8 nitrogen and oxygen atoms in total. The summed E-state index contributed by atoms with van der Waals surface area (Å²) in [5.41, 5.74) is 0. The highest BCUT2D eigenvalue weighted by molar-refractivity contribution is 5.88. The molecule has 4 atom stereocenters. The van der Waals surface area contributed by atoms with Crippen molar-refractivity contribution in [2.75, 3.05) is 0 Å². The number of ether oxygens (including phenoxy) is 4. The molecule has 2 aliphatic rings. The van der Waals surface area contributed by atoms with Crippen LogP contribution >= 0.6 is 0 Å². The van der Waals surface area contributed by atoms with Crippen LogP contribution in [0.1, 0.15) is 13.8 Å². The summed E-state index contributed by atoms with van der Waals surface area (Å²) in [5.74, 6) is -3.07. The average Bonchev–Trinajstić information content (AvgIpc) is 2.67. The van der Waals surface area contributed by atoms with Crippen molar-refractivity contribution in [3.05, 3.63) is 0 Å². The van der Waals surface area contributed by atoms with E-state index in [1.165, 1.54) is 0 Å². The van der Waals surface area contributed by atoms with Crippen molar-refractivity contribution >= 4 is 23.9 Å². The van der Waals surface area contributed by atoms with Crippen LogP contribution in [0.2, 0.25) is 0 Å². The molecule has 98 valence electrons. The van der Waals surface area contributed by atoms with Crippen LogP contribution in [0.5, 0.6) is 0 Å². The molecule has 2 fully saturated rings. The smallest absolute Gasteiger partial charge is 0.352 e. The Morgan fingerprint density at radius 1 is 0.889 bits per heavy atom. The largest absolute Gasteiger partial charge is 0.451 e. The third-order valence-corrected chi connectivity index (χ3v) is 2.48. The molecule has 2 saturated heterocycles. The third kappa shape index (κ3) is 2.01. The Labute approximate surface area is 101 Å². The Hall–Kier alpha value is -2.12. The van der Waals surface area contributed by atoms with E-state index in [0.717, 1.165) is 13.8 Å². The van der Waals surface area contributed by atoms with Crippen LogP contribution in [0.4, 0.5) is 0 Å². The van der Waals surface area contributed by atoms with E-state index in [-0.39, 0.29) is 0 Å². The van der Waals surface area contributed by atoms with Crippen molar-refractivity contribution in [3.63, 3.8) is 0 Å². The maximum atomic E-state index is 11.4. The number of esters is 4. The van der Waals surface area contributed by atoms with E-state index in [0.29, 0.717) is 0 Å². The van der Waals surface area contributed by atoms with Gasteiger partial charge in [0.15, 0.2) is 12.2 Å². The molecule has 2 rings (SSSR count). The minimum absolute atomic E-state index is 0.704. The zero-order chi connectivity index (χ0) is 13.4. The van der Waals surface area contributed by atoms with E-state index in [1.54, 1.807) is 0 Å². The Kier molecular flexibility index (Phi) is 2.93. The first kappa shape index (κ1) is 12.3. The van der Waals surface area contributed by atoms with Gasteiger partial charge in [0.1, 0.15) is 0 Å². The molecule has 0 N–H and O–H groups in total. The van der Waals surface area contributed by atoms with E-state index in [2.05, 4.69) is 0 Å². The number of carbonyl (C=O) groups excluding carboxylic acids is 4. The van der Waals surface area contributed by atoms with Crippen LogP contribution in [0, 0.1) is 0 Å². The number of fused-ring (bicyclic) bond motifs is 1. The van der Waals surface area contributed by atoms with Gasteiger partial charge in [-0.15, -0.1) is 0 Å². The molecule has 0 aromatic heterocycles. The summed E-state index contributed by atoms with van der Waals surface area (Å²) in [5, 5.41) is 0. The van der Waals surface area contributed by atoms with Crippen LogP contribution in [0.25, 0.3) is 0 Å². The molecule has 0 saturated carbocycles. The van der Waals surface area contributed by atoms with E-state index < -0.39 is 48.3 Å². The zero-order valence-corrected chi connectivity index (χ0v) is 9.58. The minimum Gasteiger partial charge on any atom is -0.451 e. The molecular weight excluding hydrogens is 248 g/mol. The quantitative estimate of drug-likeness (QED) is 0.444. The summed E-state index contributed by atoms with van der Waals surface area (Å²) in [6, 6.07) is 0. The van der Waals surface area contributed by atoms with Crippen LogP contribution in [0.15, 0.2) is 0 Å². The van der Waals surface area contributed by atoms with E-state index in [4.69, 9.17) is 18.9 Å². The Bertz CT molecular complexity index is 388. The monoisotopic (exact) mass is 258 g/mol. The molecule has 2 aliphatic heterocycles. The zero-order valence-electron chi connectivity index (χ0n) is 9.58. The predicted molar refractivity (Wildman–Crippen MR) is 50.9 cm³/mol. The second-order valence-electron chi connectivity index (χ2n) is 3.86. The lowest BCUT2D eigenvalue weighted by molar-refractivity contribution is -0.173. The minimum atomic E-state index is -1.31. The number of hydrogen-bond donors (Lipinski definition) is 0. The highest BCUT2D eigenvalue weighted by atomic mass is 16.7. The van der Waals surface area contributed by atoms with E-state index >= 15 is 0 Å². The summed E-state index contributed by atoms with van der Waals surface area (Å²) >= 11 is 0. The molecule has 2 heterocycles. The molecular formula is C10H10O8. The number of carbonyl (C=O) groups is 4. The fourth-order valence-corrected chi connectivity index (χ4v) is 1.86. The summed E-state index contributed by atoms with van der Waals surface area (Å²) in [7, 11) is 0. The first-order valence-corrected chi connectivity index (χ1v) is 5.15. The second kappa shape index (κ2) is 4.28. The Balaban J connectivity index is 2.16. The van der Waals surface area contributed by atoms with Gasteiger partial charge < -0.3 is 18.9 Å². The van der Waals surface area contributed by atoms with E-state index in [1.807, 2.05) is 0 Å². The Morgan fingerprint density at radius 3 is 1.50 bits per heavy atom. The molecule has 8 heteroatoms. The van der Waals surface area contributed by atoms with Crippen LogP contribution in [0.3, 0.4) is 0 Å². The molecule has 0 radical (unpaired) electrons. The van der Waals surface area contributed by atoms with Gasteiger partial charge in [0.25, 0.3) is 0 Å². The normalized spacial score (nSPS) is 33.4. The molecule has 0 unspecified atom stereocenters. The summed E-state index contributed by atoms with van der Waals surface area (Å²) in [6.07, 6.45) is -4.76. The summed E-state index contributed by atoms with van der Waals surface area (Å²) in [4.78, 5) is 44.5. The van der Waals surface area contributed by atoms with Gasteiger partial charge in [0.2, 0.25) is 12.2 Å². The maximum Gasteiger partial charge on any atom is 0.352 e. The Morgan fingerprint density at radius 2 is 1.22 bits per heavy atom. The summed E-state index contributed by atoms with van der Waals surface area (Å²) in [6.45, 7) is 2.22. The lowest BCUT2D eigenvalue weighted by Crippen LogP contribution is -2.36. The predicted octanol–water partition coefficient (Wildman–Crippen LogP) is -1.30. The third-order valence-electron chi connectivity index (χ3n) is 2.48. The van der Waals surface area contributed by atoms with Gasteiger partial charge in [-0.3, -0.25) is 9.59 Å². The average molecular weight is 258 g/mol. The molecule has 0 aliphatic carbocycles. The van der Waals surface area contributed by atoms with Crippen molar-refractivity contribution in [1.82, 2.24) is 0 Å². The standard InChI is InChI=1S/C10H10O8/c1-3(11)15-7-5-6(18-9(7)13)8(10(14)17-5)16-4(2)12/h5-8H,1-2H3/t5-,6-,7-,8+/m0/s1. The van der Waals surface area contributed by atoms with Gasteiger partial charge in [-0.05, 0) is 0 Å². The van der Waals surface area contributed by atoms with Crippen LogP contribution in [-0.2, 0) is 38.1 Å². The highest BCUT2D eigenvalue weighted by Gasteiger charge is 2.61. The van der Waals surface area contributed by atoms with Crippen molar-refractivity contribution in [2.24, 2.45) is 0 Å². The van der Waals surface area contributed by atoms with E-state index in [9.17, 15) is 19.2 Å². The number of hydrogen-bond acceptors (Lipinski definition) is 8. The van der Waals surface area contributed by atoms with Gasteiger partial charge in [0.05, 0.1) is 0 Å². The van der Waals surface area contributed by atoms with Gasteiger partial charge in [-0.25, -0.2) is 9.59 Å². The SMILES string of the molecule is CC(=O)O[C@@H]1C(=O)O[C@H]2[C@@H]1OC(=O)[C@@H]2OC(C)=O. The van der Waals surface area contributed by atoms with Crippen LogP contribution in [-0.4, -0.2) is 48.3 Å². The first-order valence-electron chi connectivity index (χ1n) is 5.15. The van der Waals surface area contributed by atoms with Crippen molar-refractivity contribution in [2.45, 2.75) is 38.3 Å². The lowest BCUT2D eigenvalue weighted by Gasteiger charge is -2.12. The first-order chi connectivity index (χ1) is 8.40. The molecule has 0 aromatic rings. The molecule has 18 heavy (non-hydrogen) atoms. The van der Waals surface area contributed by atoms with Gasteiger partial charge in [-0.1, -0.05) is 0 Å².